The molecule has 0 aliphatic carbocycles. The SMILES string of the molecule is O=CCNC(=O)c1ccc(NC(=O)CCC(=O)O)nc1. The minimum absolute atomic E-state index is 0.0908. The van der Waals surface area contributed by atoms with Crippen molar-refractivity contribution >= 4 is 29.9 Å². The second-order valence-electron chi connectivity index (χ2n) is 3.75. The van der Waals surface area contributed by atoms with Crippen LogP contribution >= 0.6 is 0 Å². The second kappa shape index (κ2) is 7.62. The topological polar surface area (TPSA) is 125 Å². The first-order valence-corrected chi connectivity index (χ1v) is 5.72. The Hall–Kier alpha value is -2.77. The summed E-state index contributed by atoms with van der Waals surface area (Å²) in [5, 5.41) is 13.2. The van der Waals surface area contributed by atoms with Gasteiger partial charge in [0.05, 0.1) is 18.5 Å². The molecule has 106 valence electrons. The monoisotopic (exact) mass is 279 g/mol. The molecule has 0 saturated carbocycles. The number of aldehydes is 1. The van der Waals surface area contributed by atoms with Crippen LogP contribution in [0.25, 0.3) is 0 Å². The van der Waals surface area contributed by atoms with Crippen LogP contribution in [0, 0.1) is 0 Å². The van der Waals surface area contributed by atoms with Gasteiger partial charge in [-0.2, -0.15) is 0 Å². The van der Waals surface area contributed by atoms with Crippen molar-refractivity contribution in [3.05, 3.63) is 23.9 Å². The fourth-order valence-electron chi connectivity index (χ4n) is 1.26. The summed E-state index contributed by atoms with van der Waals surface area (Å²) in [5.41, 5.74) is 0.246. The molecule has 20 heavy (non-hydrogen) atoms. The number of pyridine rings is 1. The highest BCUT2D eigenvalue weighted by Crippen LogP contribution is 2.06. The molecule has 1 aromatic rings. The number of nitrogens with zero attached hydrogens (tertiary/aromatic N) is 1. The van der Waals surface area contributed by atoms with E-state index >= 15 is 0 Å². The van der Waals surface area contributed by atoms with Crippen LogP contribution in [0.1, 0.15) is 23.2 Å². The number of hydrogen-bond donors (Lipinski definition) is 3. The number of carbonyl (C=O) groups is 4. The van der Waals surface area contributed by atoms with Crippen LogP contribution in [0.2, 0.25) is 0 Å². The summed E-state index contributed by atoms with van der Waals surface area (Å²) < 4.78 is 0. The number of amides is 2. The zero-order valence-electron chi connectivity index (χ0n) is 10.5. The number of nitrogens with one attached hydrogen (secondary N) is 2. The Morgan fingerprint density at radius 3 is 2.55 bits per heavy atom. The number of anilines is 1. The maximum Gasteiger partial charge on any atom is 0.303 e. The van der Waals surface area contributed by atoms with Crippen molar-refractivity contribution in [3.8, 4) is 0 Å². The minimum Gasteiger partial charge on any atom is -0.481 e. The van der Waals surface area contributed by atoms with Gasteiger partial charge >= 0.3 is 5.97 Å². The highest BCUT2D eigenvalue weighted by atomic mass is 16.4. The molecule has 0 bridgehead atoms. The van der Waals surface area contributed by atoms with Crippen molar-refractivity contribution in [2.45, 2.75) is 12.8 Å². The third kappa shape index (κ3) is 5.25. The Balaban J connectivity index is 2.53. The van der Waals surface area contributed by atoms with Gasteiger partial charge in [-0.05, 0) is 12.1 Å². The Morgan fingerprint density at radius 2 is 2.00 bits per heavy atom. The first-order valence-electron chi connectivity index (χ1n) is 5.72. The first kappa shape index (κ1) is 15.3. The van der Waals surface area contributed by atoms with Gasteiger partial charge in [0, 0.05) is 12.6 Å². The number of hydrogen-bond acceptors (Lipinski definition) is 5. The van der Waals surface area contributed by atoms with Gasteiger partial charge in [0.25, 0.3) is 5.91 Å². The van der Waals surface area contributed by atoms with Crippen LogP contribution in [-0.2, 0) is 14.4 Å². The van der Waals surface area contributed by atoms with E-state index in [1.165, 1.54) is 18.3 Å². The lowest BCUT2D eigenvalue weighted by atomic mass is 10.2. The van der Waals surface area contributed by atoms with Crippen LogP contribution in [0.3, 0.4) is 0 Å². The normalized spacial score (nSPS) is 9.60. The summed E-state index contributed by atoms with van der Waals surface area (Å²) in [5.74, 6) is -1.77. The lowest BCUT2D eigenvalue weighted by Gasteiger charge is -2.05. The van der Waals surface area contributed by atoms with Crippen molar-refractivity contribution in [2.75, 3.05) is 11.9 Å². The predicted octanol–water partition coefficient (Wildman–Crippen LogP) is -0.186. The number of carboxylic acids is 1. The summed E-state index contributed by atoms with van der Waals surface area (Å²) in [6.07, 6.45) is 1.38. The summed E-state index contributed by atoms with van der Waals surface area (Å²) >= 11 is 0. The van der Waals surface area contributed by atoms with Gasteiger partial charge in [-0.25, -0.2) is 4.98 Å². The average Bonchev–Trinajstić information content (AvgIpc) is 2.43. The molecule has 8 nitrogen and oxygen atoms in total. The molecule has 2 amide bonds. The molecule has 1 heterocycles. The second-order valence-corrected chi connectivity index (χ2v) is 3.75. The number of carbonyl (C=O) groups excluding carboxylic acids is 3. The van der Waals surface area contributed by atoms with Gasteiger partial charge in [-0.3, -0.25) is 14.4 Å². The maximum absolute atomic E-state index is 11.5. The molecule has 1 rings (SSSR count). The van der Waals surface area contributed by atoms with Gasteiger partial charge in [0.2, 0.25) is 5.91 Å². The Labute approximate surface area is 114 Å². The lowest BCUT2D eigenvalue weighted by molar-refractivity contribution is -0.138. The molecule has 0 aliphatic heterocycles. The van der Waals surface area contributed by atoms with Crippen LogP contribution in [0.15, 0.2) is 18.3 Å². The van der Waals surface area contributed by atoms with Crippen molar-refractivity contribution < 1.29 is 24.3 Å². The third-order valence-electron chi connectivity index (χ3n) is 2.21. The van der Waals surface area contributed by atoms with E-state index in [1.54, 1.807) is 0 Å². The third-order valence-corrected chi connectivity index (χ3v) is 2.21. The molecule has 8 heteroatoms. The molecule has 0 atom stereocenters. The Bertz CT molecular complexity index is 512. The van der Waals surface area contributed by atoms with E-state index in [0.717, 1.165) is 0 Å². The number of aromatic nitrogens is 1. The van der Waals surface area contributed by atoms with Crippen molar-refractivity contribution in [3.63, 3.8) is 0 Å². The molecule has 0 unspecified atom stereocenters. The van der Waals surface area contributed by atoms with E-state index in [1.807, 2.05) is 0 Å². The highest BCUT2D eigenvalue weighted by Gasteiger charge is 2.08. The van der Waals surface area contributed by atoms with Crippen molar-refractivity contribution in [1.82, 2.24) is 10.3 Å². The number of rotatable bonds is 7. The molecule has 0 aliphatic rings. The maximum atomic E-state index is 11.5. The van der Waals surface area contributed by atoms with Crippen molar-refractivity contribution in [2.24, 2.45) is 0 Å². The van der Waals surface area contributed by atoms with E-state index in [-0.39, 0.29) is 30.8 Å². The number of aliphatic carboxylic acids is 1. The zero-order valence-corrected chi connectivity index (χ0v) is 10.5. The molecule has 0 radical (unpaired) electrons. The van der Waals surface area contributed by atoms with E-state index < -0.39 is 17.8 Å². The lowest BCUT2D eigenvalue weighted by Crippen LogP contribution is -2.25. The van der Waals surface area contributed by atoms with E-state index in [9.17, 15) is 19.2 Å². The summed E-state index contributed by atoms with van der Waals surface area (Å²) in [6, 6.07) is 2.84. The van der Waals surface area contributed by atoms with Gasteiger partial charge in [0.1, 0.15) is 12.1 Å². The highest BCUT2D eigenvalue weighted by molar-refractivity contribution is 5.95. The average molecular weight is 279 g/mol. The fourth-order valence-corrected chi connectivity index (χ4v) is 1.26. The van der Waals surface area contributed by atoms with Gasteiger partial charge in [-0.15, -0.1) is 0 Å². The Morgan fingerprint density at radius 1 is 1.25 bits per heavy atom. The molecule has 0 aromatic carbocycles. The molecule has 3 N–H and O–H groups in total. The van der Waals surface area contributed by atoms with Gasteiger partial charge < -0.3 is 20.5 Å². The zero-order chi connectivity index (χ0) is 15.0. The van der Waals surface area contributed by atoms with Crippen LogP contribution in [0.5, 0.6) is 0 Å². The van der Waals surface area contributed by atoms with E-state index in [0.29, 0.717) is 6.29 Å². The number of carboxylic acid groups (broad SMARTS) is 1. The van der Waals surface area contributed by atoms with E-state index in [4.69, 9.17) is 5.11 Å². The van der Waals surface area contributed by atoms with Crippen LogP contribution in [0.4, 0.5) is 5.82 Å². The smallest absolute Gasteiger partial charge is 0.303 e. The van der Waals surface area contributed by atoms with Gasteiger partial charge in [0.15, 0.2) is 0 Å². The van der Waals surface area contributed by atoms with Crippen molar-refractivity contribution in [1.29, 1.82) is 0 Å². The summed E-state index contributed by atoms with van der Waals surface area (Å²) in [4.78, 5) is 47.0. The molecular weight excluding hydrogens is 266 g/mol. The van der Waals surface area contributed by atoms with E-state index in [2.05, 4.69) is 15.6 Å². The molecule has 1 aromatic heterocycles. The molecule has 0 fully saturated rings. The molecular formula is C12H13N3O5. The first-order chi connectivity index (χ1) is 9.52. The van der Waals surface area contributed by atoms with Gasteiger partial charge in [-0.1, -0.05) is 0 Å². The quantitative estimate of drug-likeness (QED) is 0.594. The predicted molar refractivity (Wildman–Crippen MR) is 68.1 cm³/mol. The standard InChI is InChI=1S/C12H13N3O5/c16-6-5-13-12(20)8-1-2-9(14-7-8)15-10(17)3-4-11(18)19/h1-2,6-7H,3-5H2,(H,13,20)(H,18,19)(H,14,15,17). The summed E-state index contributed by atoms with van der Waals surface area (Å²) in [6.45, 7) is -0.0908. The Kier molecular flexibility index (Phi) is 5.82. The minimum atomic E-state index is -1.06. The van der Waals surface area contributed by atoms with Crippen LogP contribution in [-0.4, -0.2) is 40.7 Å². The largest absolute Gasteiger partial charge is 0.481 e. The summed E-state index contributed by atoms with van der Waals surface area (Å²) in [7, 11) is 0. The van der Waals surface area contributed by atoms with Crippen LogP contribution < -0.4 is 10.6 Å². The molecule has 0 saturated heterocycles. The fraction of sp³-hybridized carbons (Fsp3) is 0.250. The molecule has 0 spiro atoms.